The molecular formula is C6H5F7. The summed E-state index contributed by atoms with van der Waals surface area (Å²) in [4.78, 5) is 0. The minimum absolute atomic E-state index is 1.41. The normalized spacial score (nSPS) is 27.9. The SMILES string of the molecule is FC(F)(F)C1C(F)(F)CCC1(F)F. The topological polar surface area (TPSA) is 0 Å². The molecule has 0 spiro atoms. The molecule has 1 rings (SSSR count). The van der Waals surface area contributed by atoms with Crippen molar-refractivity contribution in [2.45, 2.75) is 30.9 Å². The van der Waals surface area contributed by atoms with E-state index in [4.69, 9.17) is 0 Å². The van der Waals surface area contributed by atoms with Crippen molar-refractivity contribution in [1.82, 2.24) is 0 Å². The Bertz CT molecular complexity index is 188. The first-order valence-corrected chi connectivity index (χ1v) is 3.40. The Morgan fingerprint density at radius 1 is 0.846 bits per heavy atom. The van der Waals surface area contributed by atoms with Crippen LogP contribution in [0.5, 0.6) is 0 Å². The second-order valence-corrected chi connectivity index (χ2v) is 3.00. The molecule has 0 nitrogen and oxygen atoms in total. The lowest BCUT2D eigenvalue weighted by Gasteiger charge is -2.25. The second kappa shape index (κ2) is 2.51. The average molecular weight is 210 g/mol. The summed E-state index contributed by atoms with van der Waals surface area (Å²) in [5, 5.41) is 0. The van der Waals surface area contributed by atoms with Crippen LogP contribution in [0.15, 0.2) is 0 Å². The van der Waals surface area contributed by atoms with E-state index in [0.29, 0.717) is 0 Å². The van der Waals surface area contributed by atoms with Crippen LogP contribution in [0.1, 0.15) is 12.8 Å². The largest absolute Gasteiger partial charge is 0.403 e. The molecule has 0 aromatic carbocycles. The zero-order valence-corrected chi connectivity index (χ0v) is 6.14. The molecular weight excluding hydrogens is 205 g/mol. The minimum atomic E-state index is -5.55. The maximum absolute atomic E-state index is 12.4. The van der Waals surface area contributed by atoms with Gasteiger partial charge in [-0.05, 0) is 0 Å². The summed E-state index contributed by atoms with van der Waals surface area (Å²) in [5.74, 6) is -12.5. The maximum Gasteiger partial charge on any atom is 0.403 e. The molecule has 0 heterocycles. The lowest BCUT2D eigenvalue weighted by Crippen LogP contribution is -2.44. The first kappa shape index (κ1) is 10.6. The second-order valence-electron chi connectivity index (χ2n) is 3.00. The zero-order chi connectivity index (χ0) is 10.5. The maximum atomic E-state index is 12.4. The number of hydrogen-bond donors (Lipinski definition) is 0. The summed E-state index contributed by atoms with van der Waals surface area (Å²) in [6.07, 6.45) is -8.38. The molecule has 0 aromatic heterocycles. The lowest BCUT2D eigenvalue weighted by atomic mass is 10.0. The van der Waals surface area contributed by atoms with E-state index in [2.05, 4.69) is 0 Å². The van der Waals surface area contributed by atoms with Gasteiger partial charge in [-0.15, -0.1) is 0 Å². The Morgan fingerprint density at radius 3 is 1.31 bits per heavy atom. The minimum Gasteiger partial charge on any atom is -0.206 e. The highest BCUT2D eigenvalue weighted by Gasteiger charge is 2.71. The smallest absolute Gasteiger partial charge is 0.206 e. The van der Waals surface area contributed by atoms with Crippen molar-refractivity contribution >= 4 is 0 Å². The summed E-state index contributed by atoms with van der Waals surface area (Å²) >= 11 is 0. The van der Waals surface area contributed by atoms with Gasteiger partial charge in [0.2, 0.25) is 0 Å². The molecule has 0 amide bonds. The van der Waals surface area contributed by atoms with E-state index in [1.165, 1.54) is 0 Å². The lowest BCUT2D eigenvalue weighted by molar-refractivity contribution is -0.277. The van der Waals surface area contributed by atoms with Crippen LogP contribution in [0.4, 0.5) is 30.7 Å². The highest BCUT2D eigenvalue weighted by atomic mass is 19.4. The third kappa shape index (κ3) is 1.73. The highest BCUT2D eigenvalue weighted by molar-refractivity contribution is 4.99. The van der Waals surface area contributed by atoms with Gasteiger partial charge in [0, 0.05) is 12.8 Å². The first-order valence-electron chi connectivity index (χ1n) is 3.40. The summed E-state index contributed by atoms with van der Waals surface area (Å²) in [5.41, 5.74) is 0. The number of hydrogen-bond acceptors (Lipinski definition) is 0. The predicted octanol–water partition coefficient (Wildman–Crippen LogP) is 3.23. The van der Waals surface area contributed by atoms with Gasteiger partial charge >= 0.3 is 6.18 Å². The Balaban J connectivity index is 3.02. The standard InChI is InChI=1S/C6H5F7/c7-4(8)1-2-5(9,10)3(4)6(11,12)13/h3H,1-2H2. The van der Waals surface area contributed by atoms with Crippen LogP contribution in [0.3, 0.4) is 0 Å². The van der Waals surface area contributed by atoms with E-state index < -0.39 is 36.8 Å². The van der Waals surface area contributed by atoms with Gasteiger partial charge < -0.3 is 0 Å². The molecule has 0 radical (unpaired) electrons. The Labute approximate surface area is 68.7 Å². The van der Waals surface area contributed by atoms with E-state index in [1.54, 1.807) is 0 Å². The third-order valence-electron chi connectivity index (χ3n) is 1.96. The highest BCUT2D eigenvalue weighted by Crippen LogP contribution is 2.56. The van der Waals surface area contributed by atoms with Crippen molar-refractivity contribution in [3.05, 3.63) is 0 Å². The van der Waals surface area contributed by atoms with Crippen molar-refractivity contribution in [3.63, 3.8) is 0 Å². The molecule has 1 aliphatic rings. The summed E-state index contributed by atoms with van der Waals surface area (Å²) in [6, 6.07) is 0. The van der Waals surface area contributed by atoms with E-state index in [0.717, 1.165) is 0 Å². The Morgan fingerprint density at radius 2 is 1.15 bits per heavy atom. The monoisotopic (exact) mass is 210 g/mol. The van der Waals surface area contributed by atoms with E-state index >= 15 is 0 Å². The van der Waals surface area contributed by atoms with E-state index in [9.17, 15) is 30.7 Å². The number of alkyl halides is 7. The van der Waals surface area contributed by atoms with Crippen LogP contribution in [0.2, 0.25) is 0 Å². The van der Waals surface area contributed by atoms with Crippen molar-refractivity contribution in [3.8, 4) is 0 Å². The molecule has 0 bridgehead atoms. The van der Waals surface area contributed by atoms with Gasteiger partial charge in [-0.1, -0.05) is 0 Å². The fourth-order valence-electron chi connectivity index (χ4n) is 1.41. The molecule has 0 N–H and O–H groups in total. The molecule has 0 aliphatic heterocycles. The molecule has 0 atom stereocenters. The van der Waals surface area contributed by atoms with Gasteiger partial charge in [-0.2, -0.15) is 13.2 Å². The van der Waals surface area contributed by atoms with Gasteiger partial charge in [-0.25, -0.2) is 17.6 Å². The van der Waals surface area contributed by atoms with Crippen LogP contribution < -0.4 is 0 Å². The molecule has 13 heavy (non-hydrogen) atoms. The number of halogens is 7. The Kier molecular flexibility index (Phi) is 2.04. The predicted molar refractivity (Wildman–Crippen MR) is 28.7 cm³/mol. The molecule has 1 fully saturated rings. The molecule has 78 valence electrons. The van der Waals surface area contributed by atoms with Gasteiger partial charge in [-0.3, -0.25) is 0 Å². The molecule has 0 saturated heterocycles. The van der Waals surface area contributed by atoms with Crippen LogP contribution in [-0.2, 0) is 0 Å². The molecule has 0 aromatic rings. The molecule has 1 saturated carbocycles. The van der Waals surface area contributed by atoms with Crippen molar-refractivity contribution in [1.29, 1.82) is 0 Å². The van der Waals surface area contributed by atoms with Gasteiger partial charge in [0.05, 0.1) is 0 Å². The van der Waals surface area contributed by atoms with Crippen LogP contribution in [0, 0.1) is 5.92 Å². The quantitative estimate of drug-likeness (QED) is 0.538. The average Bonchev–Trinajstić information content (AvgIpc) is 1.98. The molecule has 0 unspecified atom stereocenters. The van der Waals surface area contributed by atoms with E-state index in [1.807, 2.05) is 0 Å². The van der Waals surface area contributed by atoms with Crippen LogP contribution >= 0.6 is 0 Å². The summed E-state index contributed by atoms with van der Waals surface area (Å²) in [6.45, 7) is 0. The van der Waals surface area contributed by atoms with Gasteiger partial charge in [0.15, 0.2) is 5.92 Å². The third-order valence-corrected chi connectivity index (χ3v) is 1.96. The molecule has 7 heteroatoms. The summed E-state index contributed by atoms with van der Waals surface area (Å²) < 4.78 is 85.0. The first-order chi connectivity index (χ1) is 5.57. The van der Waals surface area contributed by atoms with Crippen LogP contribution in [0.25, 0.3) is 0 Å². The van der Waals surface area contributed by atoms with Crippen molar-refractivity contribution in [2.75, 3.05) is 0 Å². The van der Waals surface area contributed by atoms with Crippen LogP contribution in [-0.4, -0.2) is 18.0 Å². The zero-order valence-electron chi connectivity index (χ0n) is 6.14. The Hall–Kier alpha value is -0.490. The van der Waals surface area contributed by atoms with Gasteiger partial charge in [0.1, 0.15) is 0 Å². The van der Waals surface area contributed by atoms with Gasteiger partial charge in [0.25, 0.3) is 11.8 Å². The van der Waals surface area contributed by atoms with Crippen molar-refractivity contribution in [2.24, 2.45) is 5.92 Å². The van der Waals surface area contributed by atoms with Crippen molar-refractivity contribution < 1.29 is 30.7 Å². The van der Waals surface area contributed by atoms with E-state index in [-0.39, 0.29) is 0 Å². The molecule has 1 aliphatic carbocycles. The summed E-state index contributed by atoms with van der Waals surface area (Å²) in [7, 11) is 0. The fraction of sp³-hybridized carbons (Fsp3) is 1.00. The fourth-order valence-corrected chi connectivity index (χ4v) is 1.41. The number of rotatable bonds is 0.